The summed E-state index contributed by atoms with van der Waals surface area (Å²) >= 11 is 6.16. The Balaban J connectivity index is 1.77. The van der Waals surface area contributed by atoms with Gasteiger partial charge in [0.05, 0.1) is 18.2 Å². The van der Waals surface area contributed by atoms with Crippen molar-refractivity contribution in [2.75, 3.05) is 6.61 Å². The van der Waals surface area contributed by atoms with Gasteiger partial charge in [0.25, 0.3) is 0 Å². The number of benzene rings is 2. The van der Waals surface area contributed by atoms with Gasteiger partial charge in [0.15, 0.2) is 11.6 Å². The highest BCUT2D eigenvalue weighted by Crippen LogP contribution is 2.31. The van der Waals surface area contributed by atoms with E-state index in [0.717, 1.165) is 11.0 Å². The Labute approximate surface area is 145 Å². The molecule has 0 fully saturated rings. The van der Waals surface area contributed by atoms with Crippen LogP contribution >= 0.6 is 11.6 Å². The van der Waals surface area contributed by atoms with Crippen molar-refractivity contribution in [3.8, 4) is 11.5 Å². The SMILES string of the molecule is CCOOCc1cc(F)c(Oc2ccc3c(c2)COB3C)cc1Cl. The summed E-state index contributed by atoms with van der Waals surface area (Å²) in [5, 5.41) is 0.351. The molecule has 0 saturated carbocycles. The zero-order chi connectivity index (χ0) is 17.1. The standard InChI is InChI=1S/C17H17BClFO4/c1-3-22-23-10-12-7-16(20)17(8-15(12)19)24-13-4-5-14-11(6-13)9-21-18(14)2/h4-8H,3,9-10H2,1-2H3. The van der Waals surface area contributed by atoms with E-state index < -0.39 is 5.82 Å². The Kier molecular flexibility index (Phi) is 5.41. The first-order valence-corrected chi connectivity index (χ1v) is 8.11. The van der Waals surface area contributed by atoms with Crippen LogP contribution in [-0.4, -0.2) is 13.5 Å². The molecule has 1 heterocycles. The van der Waals surface area contributed by atoms with Crippen molar-refractivity contribution in [3.63, 3.8) is 0 Å². The van der Waals surface area contributed by atoms with Crippen molar-refractivity contribution in [1.82, 2.24) is 0 Å². The van der Waals surface area contributed by atoms with E-state index in [1.54, 1.807) is 13.0 Å². The van der Waals surface area contributed by atoms with Crippen LogP contribution in [0.2, 0.25) is 11.8 Å². The van der Waals surface area contributed by atoms with E-state index in [-0.39, 0.29) is 19.3 Å². The van der Waals surface area contributed by atoms with Crippen LogP contribution in [0.25, 0.3) is 0 Å². The predicted octanol–water partition coefficient (Wildman–Crippen LogP) is 4.10. The third-order valence-electron chi connectivity index (χ3n) is 3.79. The monoisotopic (exact) mass is 350 g/mol. The Hall–Kier alpha value is -1.60. The van der Waals surface area contributed by atoms with E-state index in [1.807, 2.05) is 19.0 Å². The summed E-state index contributed by atoms with van der Waals surface area (Å²) in [5.74, 6) is 0.0893. The summed E-state index contributed by atoms with van der Waals surface area (Å²) in [5.41, 5.74) is 2.67. The molecule has 4 nitrogen and oxygen atoms in total. The molecule has 0 unspecified atom stereocenters. The average Bonchev–Trinajstić information content (AvgIpc) is 2.93. The maximum atomic E-state index is 14.3. The second-order valence-electron chi connectivity index (χ2n) is 5.46. The molecular formula is C17H17BClFO4. The summed E-state index contributed by atoms with van der Waals surface area (Å²) in [6, 6.07) is 8.32. The Morgan fingerprint density at radius 2 is 2.08 bits per heavy atom. The maximum absolute atomic E-state index is 14.3. The highest BCUT2D eigenvalue weighted by atomic mass is 35.5. The Bertz CT molecular complexity index is 741. The molecule has 0 atom stereocenters. The zero-order valence-corrected chi connectivity index (χ0v) is 14.2. The first kappa shape index (κ1) is 17.2. The molecule has 126 valence electrons. The van der Waals surface area contributed by atoms with E-state index in [4.69, 9.17) is 30.8 Å². The molecule has 2 aromatic carbocycles. The third kappa shape index (κ3) is 3.73. The van der Waals surface area contributed by atoms with Crippen LogP contribution in [0.4, 0.5) is 4.39 Å². The molecule has 0 aliphatic carbocycles. The molecule has 24 heavy (non-hydrogen) atoms. The molecule has 2 aromatic rings. The lowest BCUT2D eigenvalue weighted by molar-refractivity contribution is -0.300. The predicted molar refractivity (Wildman–Crippen MR) is 90.4 cm³/mol. The summed E-state index contributed by atoms with van der Waals surface area (Å²) in [4.78, 5) is 9.70. The van der Waals surface area contributed by atoms with Gasteiger partial charge >= 0.3 is 6.92 Å². The van der Waals surface area contributed by atoms with Crippen molar-refractivity contribution in [1.29, 1.82) is 0 Å². The van der Waals surface area contributed by atoms with Crippen molar-refractivity contribution < 1.29 is 23.6 Å². The average molecular weight is 351 g/mol. The number of hydrogen-bond donors (Lipinski definition) is 0. The first-order chi connectivity index (χ1) is 11.6. The van der Waals surface area contributed by atoms with Crippen LogP contribution in [0.5, 0.6) is 11.5 Å². The van der Waals surface area contributed by atoms with Crippen LogP contribution in [0.15, 0.2) is 30.3 Å². The van der Waals surface area contributed by atoms with E-state index in [2.05, 4.69) is 0 Å². The Morgan fingerprint density at radius 1 is 1.25 bits per heavy atom. The molecule has 0 saturated heterocycles. The quantitative estimate of drug-likeness (QED) is 0.340. The van der Waals surface area contributed by atoms with E-state index >= 15 is 0 Å². The fourth-order valence-corrected chi connectivity index (χ4v) is 2.75. The fourth-order valence-electron chi connectivity index (χ4n) is 2.55. The minimum atomic E-state index is -0.514. The van der Waals surface area contributed by atoms with Gasteiger partial charge in [0.2, 0.25) is 0 Å². The minimum Gasteiger partial charge on any atom is -0.454 e. The van der Waals surface area contributed by atoms with Gasteiger partial charge in [-0.25, -0.2) is 14.2 Å². The molecule has 0 bridgehead atoms. The largest absolute Gasteiger partial charge is 0.454 e. The van der Waals surface area contributed by atoms with Crippen LogP contribution in [0, 0.1) is 5.82 Å². The van der Waals surface area contributed by atoms with Gasteiger partial charge in [-0.1, -0.05) is 24.5 Å². The van der Waals surface area contributed by atoms with Crippen LogP contribution in [0.3, 0.4) is 0 Å². The molecule has 0 amide bonds. The molecule has 0 spiro atoms. The van der Waals surface area contributed by atoms with Gasteiger partial charge in [0.1, 0.15) is 12.4 Å². The van der Waals surface area contributed by atoms with Gasteiger partial charge in [-0.3, -0.25) is 0 Å². The lowest BCUT2D eigenvalue weighted by atomic mass is 9.64. The smallest absolute Gasteiger partial charge is 0.324 e. The van der Waals surface area contributed by atoms with Gasteiger partial charge in [-0.2, -0.15) is 0 Å². The highest BCUT2D eigenvalue weighted by molar-refractivity contribution is 6.67. The lowest BCUT2D eigenvalue weighted by Gasteiger charge is -2.11. The van der Waals surface area contributed by atoms with Crippen molar-refractivity contribution in [3.05, 3.63) is 52.3 Å². The number of hydrogen-bond acceptors (Lipinski definition) is 4. The summed E-state index contributed by atoms with van der Waals surface area (Å²) in [7, 11) is 0. The fraction of sp³-hybridized carbons (Fsp3) is 0.294. The number of ether oxygens (including phenoxy) is 1. The molecular weight excluding hydrogens is 333 g/mol. The maximum Gasteiger partial charge on any atom is 0.324 e. The normalized spacial score (nSPS) is 13.2. The Morgan fingerprint density at radius 3 is 2.88 bits per heavy atom. The van der Waals surface area contributed by atoms with Crippen LogP contribution in [0.1, 0.15) is 18.1 Å². The van der Waals surface area contributed by atoms with Crippen molar-refractivity contribution in [2.45, 2.75) is 27.0 Å². The van der Waals surface area contributed by atoms with E-state index in [1.165, 1.54) is 12.1 Å². The van der Waals surface area contributed by atoms with Crippen LogP contribution in [-0.2, 0) is 27.6 Å². The number of fused-ring (bicyclic) bond motifs is 1. The molecule has 7 heteroatoms. The van der Waals surface area contributed by atoms with E-state index in [0.29, 0.717) is 29.5 Å². The second-order valence-corrected chi connectivity index (χ2v) is 5.87. The summed E-state index contributed by atoms with van der Waals surface area (Å²) in [6.07, 6.45) is 0. The minimum absolute atomic E-state index is 0.0621. The molecule has 3 rings (SSSR count). The summed E-state index contributed by atoms with van der Waals surface area (Å²) in [6.45, 7) is 4.87. The number of halogens is 2. The van der Waals surface area contributed by atoms with Crippen molar-refractivity contribution in [2.24, 2.45) is 0 Å². The lowest BCUT2D eigenvalue weighted by Crippen LogP contribution is -2.23. The molecule has 0 radical (unpaired) electrons. The molecule has 0 N–H and O–H groups in total. The highest BCUT2D eigenvalue weighted by Gasteiger charge is 2.23. The molecule has 1 aliphatic rings. The molecule has 1 aliphatic heterocycles. The zero-order valence-electron chi connectivity index (χ0n) is 13.5. The van der Waals surface area contributed by atoms with Gasteiger partial charge in [-0.15, -0.1) is 0 Å². The topological polar surface area (TPSA) is 36.9 Å². The molecule has 0 aromatic heterocycles. The van der Waals surface area contributed by atoms with Crippen LogP contribution < -0.4 is 10.2 Å². The van der Waals surface area contributed by atoms with E-state index in [9.17, 15) is 4.39 Å². The summed E-state index contributed by atoms with van der Waals surface area (Å²) < 4.78 is 25.5. The van der Waals surface area contributed by atoms with Crippen molar-refractivity contribution >= 4 is 24.0 Å². The van der Waals surface area contributed by atoms with Gasteiger partial charge in [0, 0.05) is 11.6 Å². The van der Waals surface area contributed by atoms with Gasteiger partial charge in [-0.05, 0) is 36.1 Å². The second kappa shape index (κ2) is 7.53. The number of rotatable bonds is 6. The first-order valence-electron chi connectivity index (χ1n) is 7.73. The third-order valence-corrected chi connectivity index (χ3v) is 4.14. The van der Waals surface area contributed by atoms with Gasteiger partial charge < -0.3 is 9.39 Å².